The Morgan fingerprint density at radius 2 is 2.12 bits per heavy atom. The Kier molecular flexibility index (Phi) is 2.94. The number of hydrogen-bond donors (Lipinski definition) is 1. The summed E-state index contributed by atoms with van der Waals surface area (Å²) in [5.74, 6) is 0.357. The molecule has 1 aromatic carbocycles. The van der Waals surface area contributed by atoms with Gasteiger partial charge in [-0.15, -0.1) is 0 Å². The quantitative estimate of drug-likeness (QED) is 0.872. The van der Waals surface area contributed by atoms with Gasteiger partial charge < -0.3 is 5.32 Å². The van der Waals surface area contributed by atoms with Crippen LogP contribution in [0.4, 0.5) is 4.39 Å². The van der Waals surface area contributed by atoms with Crippen molar-refractivity contribution in [2.24, 2.45) is 4.99 Å². The maximum atomic E-state index is 14.7. The monoisotopic (exact) mass is 335 g/mol. The molecular formula is C20H18FN3O. The first kappa shape index (κ1) is 14.8. The highest BCUT2D eigenvalue weighted by Gasteiger charge is 2.51. The number of benzene rings is 1. The van der Waals surface area contributed by atoms with Crippen molar-refractivity contribution in [2.45, 2.75) is 37.0 Å². The van der Waals surface area contributed by atoms with Crippen molar-refractivity contribution in [2.75, 3.05) is 7.05 Å². The Morgan fingerprint density at radius 1 is 1.28 bits per heavy atom. The van der Waals surface area contributed by atoms with Crippen LogP contribution in [0.25, 0.3) is 0 Å². The largest absolute Gasteiger partial charge is 0.373 e. The number of carbonyl (C=O) groups excluding carboxylic acids is 1. The molecule has 5 heteroatoms. The van der Waals surface area contributed by atoms with E-state index < -0.39 is 5.41 Å². The molecule has 1 amide bonds. The number of pyridine rings is 1. The molecular weight excluding hydrogens is 317 g/mol. The van der Waals surface area contributed by atoms with E-state index in [2.05, 4.69) is 15.3 Å². The lowest BCUT2D eigenvalue weighted by molar-refractivity contribution is -0.122. The molecule has 25 heavy (non-hydrogen) atoms. The standard InChI is InChI=1S/C20H18FN3O/c1-22-18-13-10-16(21)12(11-4-5-11)9-15(13)20(19(25)24-18)7-6-17-14(20)3-2-8-23-17/h2-3,8-11H,4-7H2,1H3,(H,22,24,25). The maximum absolute atomic E-state index is 14.7. The van der Waals surface area contributed by atoms with Gasteiger partial charge in [-0.1, -0.05) is 12.1 Å². The van der Waals surface area contributed by atoms with Crippen molar-refractivity contribution in [3.63, 3.8) is 0 Å². The molecule has 1 aromatic heterocycles. The van der Waals surface area contributed by atoms with Crippen molar-refractivity contribution in [3.05, 3.63) is 64.2 Å². The average molecular weight is 335 g/mol. The molecule has 126 valence electrons. The average Bonchev–Trinajstić information content (AvgIpc) is 3.39. The number of fused-ring (bicyclic) bond motifs is 4. The topological polar surface area (TPSA) is 54.4 Å². The summed E-state index contributed by atoms with van der Waals surface area (Å²) in [5.41, 5.74) is 3.36. The van der Waals surface area contributed by atoms with Crippen molar-refractivity contribution in [1.29, 1.82) is 0 Å². The lowest BCUT2D eigenvalue weighted by Crippen LogP contribution is -2.42. The van der Waals surface area contributed by atoms with E-state index in [1.807, 2.05) is 18.2 Å². The molecule has 2 heterocycles. The van der Waals surface area contributed by atoms with Crippen LogP contribution in [0.3, 0.4) is 0 Å². The molecule has 4 nitrogen and oxygen atoms in total. The highest BCUT2D eigenvalue weighted by Crippen LogP contribution is 2.50. The maximum Gasteiger partial charge on any atom is 0.262 e. The lowest BCUT2D eigenvalue weighted by Gasteiger charge is -2.34. The molecule has 5 rings (SSSR count). The Balaban J connectivity index is 1.82. The molecule has 1 spiro atoms. The summed E-state index contributed by atoms with van der Waals surface area (Å²) >= 11 is 0. The van der Waals surface area contributed by atoms with Crippen molar-refractivity contribution >= 4 is 11.7 Å². The highest BCUT2D eigenvalue weighted by molar-refractivity contribution is 6.14. The fraction of sp³-hybridized carbons (Fsp3) is 0.350. The molecule has 0 saturated heterocycles. The minimum atomic E-state index is -0.823. The van der Waals surface area contributed by atoms with Crippen molar-refractivity contribution in [1.82, 2.24) is 10.3 Å². The third kappa shape index (κ3) is 1.89. The number of amides is 1. The van der Waals surface area contributed by atoms with Crippen LogP contribution < -0.4 is 5.32 Å². The molecule has 0 radical (unpaired) electrons. The predicted molar refractivity (Wildman–Crippen MR) is 92.3 cm³/mol. The Hall–Kier alpha value is -2.56. The van der Waals surface area contributed by atoms with Crippen LogP contribution in [0, 0.1) is 5.82 Å². The van der Waals surface area contributed by atoms with Gasteiger partial charge in [0, 0.05) is 24.5 Å². The normalized spacial score (nSPS) is 24.1. The number of amidine groups is 1. The molecule has 1 unspecified atom stereocenters. The smallest absolute Gasteiger partial charge is 0.262 e. The number of hydrogen-bond acceptors (Lipinski definition) is 3. The van der Waals surface area contributed by atoms with Gasteiger partial charge in [-0.2, -0.15) is 4.99 Å². The number of carbonyl (C=O) groups is 1. The van der Waals surface area contributed by atoms with Crippen LogP contribution >= 0.6 is 0 Å². The summed E-state index contributed by atoms with van der Waals surface area (Å²) in [6.07, 6.45) is 5.17. The number of aliphatic imine (C=N–C) groups is 1. The molecule has 1 atom stereocenters. The summed E-state index contributed by atoms with van der Waals surface area (Å²) in [5, 5.41) is 2.96. The van der Waals surface area contributed by atoms with E-state index in [1.165, 1.54) is 0 Å². The summed E-state index contributed by atoms with van der Waals surface area (Å²) < 4.78 is 14.7. The number of nitrogens with zero attached hydrogens (tertiary/aromatic N) is 2. The van der Waals surface area contributed by atoms with E-state index in [0.29, 0.717) is 17.8 Å². The van der Waals surface area contributed by atoms with E-state index in [9.17, 15) is 9.18 Å². The molecule has 2 aliphatic carbocycles. The first-order valence-electron chi connectivity index (χ1n) is 8.74. The second-order valence-electron chi connectivity index (χ2n) is 7.11. The molecule has 1 fully saturated rings. The first-order valence-corrected chi connectivity index (χ1v) is 8.74. The third-order valence-corrected chi connectivity index (χ3v) is 5.77. The SMILES string of the molecule is CNC1=NC(=O)C2(CCc3ncccc32)c2cc(C3CC3)c(F)cc21. The number of aromatic nitrogens is 1. The van der Waals surface area contributed by atoms with E-state index in [-0.39, 0.29) is 17.6 Å². The van der Waals surface area contributed by atoms with E-state index in [1.54, 1.807) is 19.3 Å². The molecule has 2 aromatic rings. The van der Waals surface area contributed by atoms with Gasteiger partial charge in [0.1, 0.15) is 17.1 Å². The summed E-state index contributed by atoms with van der Waals surface area (Å²) in [7, 11) is 1.71. The van der Waals surface area contributed by atoms with E-state index >= 15 is 0 Å². The fourth-order valence-electron chi connectivity index (χ4n) is 4.38. The van der Waals surface area contributed by atoms with Crippen molar-refractivity contribution in [3.8, 4) is 0 Å². The van der Waals surface area contributed by atoms with Gasteiger partial charge in [0.05, 0.1) is 0 Å². The van der Waals surface area contributed by atoms with Crippen LogP contribution in [-0.2, 0) is 16.6 Å². The van der Waals surface area contributed by atoms with Gasteiger partial charge >= 0.3 is 0 Å². The zero-order valence-corrected chi connectivity index (χ0v) is 14.0. The van der Waals surface area contributed by atoms with Crippen LogP contribution in [-0.4, -0.2) is 23.8 Å². The molecule has 0 bridgehead atoms. The number of aryl methyl sites for hydroxylation is 1. The van der Waals surface area contributed by atoms with Crippen LogP contribution in [0.1, 0.15) is 53.1 Å². The summed E-state index contributed by atoms with van der Waals surface area (Å²) in [4.78, 5) is 21.9. The second kappa shape index (κ2) is 4.97. The Labute approximate surface area is 145 Å². The number of rotatable bonds is 1. The third-order valence-electron chi connectivity index (χ3n) is 5.77. The molecule has 1 N–H and O–H groups in total. The molecule has 1 aliphatic heterocycles. The van der Waals surface area contributed by atoms with Crippen LogP contribution in [0.2, 0.25) is 0 Å². The van der Waals surface area contributed by atoms with Gasteiger partial charge in [0.25, 0.3) is 5.91 Å². The first-order chi connectivity index (χ1) is 12.1. The lowest BCUT2D eigenvalue weighted by atomic mass is 9.71. The van der Waals surface area contributed by atoms with E-state index in [0.717, 1.165) is 41.6 Å². The molecule has 1 saturated carbocycles. The van der Waals surface area contributed by atoms with Gasteiger partial charge in [0.15, 0.2) is 0 Å². The van der Waals surface area contributed by atoms with Crippen molar-refractivity contribution < 1.29 is 9.18 Å². The predicted octanol–water partition coefficient (Wildman–Crippen LogP) is 2.84. The summed E-state index contributed by atoms with van der Waals surface area (Å²) in [6.45, 7) is 0. The van der Waals surface area contributed by atoms with Gasteiger partial charge in [-0.25, -0.2) is 4.39 Å². The number of nitrogens with one attached hydrogen (secondary N) is 1. The minimum Gasteiger partial charge on any atom is -0.373 e. The second-order valence-corrected chi connectivity index (χ2v) is 7.11. The Bertz CT molecular complexity index is 948. The highest BCUT2D eigenvalue weighted by atomic mass is 19.1. The minimum absolute atomic E-state index is 0.176. The zero-order chi connectivity index (χ0) is 17.2. The summed E-state index contributed by atoms with van der Waals surface area (Å²) in [6, 6.07) is 7.31. The van der Waals surface area contributed by atoms with Gasteiger partial charge in [0.2, 0.25) is 0 Å². The zero-order valence-electron chi connectivity index (χ0n) is 14.0. The van der Waals surface area contributed by atoms with Gasteiger partial charge in [-0.3, -0.25) is 9.78 Å². The van der Waals surface area contributed by atoms with Crippen LogP contribution in [0.15, 0.2) is 35.5 Å². The molecule has 3 aliphatic rings. The van der Waals surface area contributed by atoms with Gasteiger partial charge in [-0.05, 0) is 60.4 Å². The Morgan fingerprint density at radius 3 is 2.88 bits per heavy atom. The van der Waals surface area contributed by atoms with Crippen LogP contribution in [0.5, 0.6) is 0 Å². The van der Waals surface area contributed by atoms with E-state index in [4.69, 9.17) is 0 Å². The number of halogens is 1. The fourth-order valence-corrected chi connectivity index (χ4v) is 4.38.